The first-order valence-electron chi connectivity index (χ1n) is 5.49. The van der Waals surface area contributed by atoms with Crippen LogP contribution in [-0.2, 0) is 0 Å². The van der Waals surface area contributed by atoms with Gasteiger partial charge in [-0.2, -0.15) is 0 Å². The summed E-state index contributed by atoms with van der Waals surface area (Å²) in [5.41, 5.74) is 0. The molecule has 0 heterocycles. The highest BCUT2D eigenvalue weighted by Crippen LogP contribution is 2.57. The fraction of sp³-hybridized carbons (Fsp3) is 0.833. The minimum atomic E-state index is 0.981. The highest BCUT2D eigenvalue weighted by Gasteiger charge is 2.49. The molecule has 0 aliphatic heterocycles. The summed E-state index contributed by atoms with van der Waals surface area (Å²) >= 11 is 0. The van der Waals surface area contributed by atoms with E-state index in [2.05, 4.69) is 26.0 Å². The highest BCUT2D eigenvalue weighted by atomic mass is 14.5. The SMILES string of the molecule is CC/C=C/C1C2CCC(C)CC12. The molecule has 12 heavy (non-hydrogen) atoms. The molecular formula is C12H20. The molecule has 0 aromatic rings. The lowest BCUT2D eigenvalue weighted by Crippen LogP contribution is -2.03. The molecule has 0 saturated heterocycles. The first kappa shape index (κ1) is 8.34. The fourth-order valence-electron chi connectivity index (χ4n) is 2.85. The molecule has 0 bridgehead atoms. The van der Waals surface area contributed by atoms with Gasteiger partial charge in [-0.1, -0.05) is 32.4 Å². The third-order valence-corrected chi connectivity index (χ3v) is 3.66. The maximum atomic E-state index is 2.48. The van der Waals surface area contributed by atoms with Gasteiger partial charge in [0.2, 0.25) is 0 Å². The van der Waals surface area contributed by atoms with Crippen molar-refractivity contribution in [1.29, 1.82) is 0 Å². The minimum absolute atomic E-state index is 0.981. The molecule has 0 spiro atoms. The summed E-state index contributed by atoms with van der Waals surface area (Å²) in [6.07, 6.45) is 10.5. The summed E-state index contributed by atoms with van der Waals surface area (Å²) in [4.78, 5) is 0. The van der Waals surface area contributed by atoms with Gasteiger partial charge in [-0.3, -0.25) is 0 Å². The largest absolute Gasteiger partial charge is 0.0885 e. The number of hydrogen-bond acceptors (Lipinski definition) is 0. The van der Waals surface area contributed by atoms with Crippen LogP contribution in [-0.4, -0.2) is 0 Å². The van der Waals surface area contributed by atoms with Crippen LogP contribution in [0, 0.1) is 23.7 Å². The minimum Gasteiger partial charge on any atom is -0.0885 e. The zero-order valence-electron chi connectivity index (χ0n) is 8.29. The fourth-order valence-corrected chi connectivity index (χ4v) is 2.85. The Morgan fingerprint density at radius 3 is 2.75 bits per heavy atom. The van der Waals surface area contributed by atoms with E-state index in [0.717, 1.165) is 23.7 Å². The van der Waals surface area contributed by atoms with Gasteiger partial charge in [0.25, 0.3) is 0 Å². The van der Waals surface area contributed by atoms with Crippen LogP contribution in [0.2, 0.25) is 0 Å². The van der Waals surface area contributed by atoms with Gasteiger partial charge in [0.15, 0.2) is 0 Å². The molecule has 0 amide bonds. The summed E-state index contributed by atoms with van der Waals surface area (Å²) in [5, 5.41) is 0. The molecule has 68 valence electrons. The number of hydrogen-bond donors (Lipinski definition) is 0. The molecule has 0 N–H and O–H groups in total. The molecular weight excluding hydrogens is 144 g/mol. The van der Waals surface area contributed by atoms with Gasteiger partial charge >= 0.3 is 0 Å². The molecule has 2 fully saturated rings. The summed E-state index contributed by atoms with van der Waals surface area (Å²) in [6.45, 7) is 4.64. The monoisotopic (exact) mass is 164 g/mol. The van der Waals surface area contributed by atoms with E-state index in [4.69, 9.17) is 0 Å². The molecule has 4 atom stereocenters. The molecule has 0 radical (unpaired) electrons. The van der Waals surface area contributed by atoms with Crippen molar-refractivity contribution in [3.63, 3.8) is 0 Å². The Labute approximate surface area is 76.1 Å². The van der Waals surface area contributed by atoms with Crippen LogP contribution >= 0.6 is 0 Å². The van der Waals surface area contributed by atoms with Crippen LogP contribution in [0.1, 0.15) is 39.5 Å². The van der Waals surface area contributed by atoms with Gasteiger partial charge in [-0.15, -0.1) is 0 Å². The molecule has 2 aliphatic rings. The molecule has 0 aromatic carbocycles. The maximum Gasteiger partial charge on any atom is -0.0171 e. The van der Waals surface area contributed by atoms with E-state index >= 15 is 0 Å². The molecule has 2 rings (SSSR count). The summed E-state index contributed by atoms with van der Waals surface area (Å²) < 4.78 is 0. The Kier molecular flexibility index (Phi) is 2.25. The van der Waals surface area contributed by atoms with Gasteiger partial charge < -0.3 is 0 Å². The first-order valence-corrected chi connectivity index (χ1v) is 5.49. The van der Waals surface area contributed by atoms with E-state index < -0.39 is 0 Å². The first-order chi connectivity index (χ1) is 5.83. The quantitative estimate of drug-likeness (QED) is 0.547. The van der Waals surface area contributed by atoms with Gasteiger partial charge in [0.05, 0.1) is 0 Å². The molecule has 0 heteroatoms. The van der Waals surface area contributed by atoms with Crippen molar-refractivity contribution in [2.75, 3.05) is 0 Å². The molecule has 0 aromatic heterocycles. The van der Waals surface area contributed by atoms with Crippen LogP contribution < -0.4 is 0 Å². The predicted molar refractivity (Wildman–Crippen MR) is 52.9 cm³/mol. The second kappa shape index (κ2) is 3.24. The molecule has 4 unspecified atom stereocenters. The van der Waals surface area contributed by atoms with Crippen molar-refractivity contribution in [3.05, 3.63) is 12.2 Å². The Bertz CT molecular complexity index is 180. The maximum absolute atomic E-state index is 2.48. The lowest BCUT2D eigenvalue weighted by atomic mass is 9.91. The molecule has 2 saturated carbocycles. The Morgan fingerprint density at radius 1 is 1.25 bits per heavy atom. The number of rotatable bonds is 2. The van der Waals surface area contributed by atoms with Crippen LogP contribution in [0.3, 0.4) is 0 Å². The average Bonchev–Trinajstić information content (AvgIpc) is 2.74. The third kappa shape index (κ3) is 1.44. The third-order valence-electron chi connectivity index (χ3n) is 3.66. The van der Waals surface area contributed by atoms with E-state index in [0.29, 0.717) is 0 Å². The van der Waals surface area contributed by atoms with Gasteiger partial charge in [0, 0.05) is 0 Å². The van der Waals surface area contributed by atoms with E-state index in [9.17, 15) is 0 Å². The van der Waals surface area contributed by atoms with Crippen molar-refractivity contribution < 1.29 is 0 Å². The van der Waals surface area contributed by atoms with Gasteiger partial charge in [-0.05, 0) is 42.9 Å². The van der Waals surface area contributed by atoms with Crippen molar-refractivity contribution in [2.45, 2.75) is 39.5 Å². The van der Waals surface area contributed by atoms with E-state index in [-0.39, 0.29) is 0 Å². The standard InChI is InChI=1S/C12H20/c1-3-4-5-10-11-7-6-9(2)8-12(10)11/h4-5,9-12H,3,6-8H2,1-2H3/b5-4+. The number of allylic oxidation sites excluding steroid dienone is 2. The summed E-state index contributed by atoms with van der Waals surface area (Å²) in [6, 6.07) is 0. The van der Waals surface area contributed by atoms with Gasteiger partial charge in [-0.25, -0.2) is 0 Å². The van der Waals surface area contributed by atoms with E-state index in [1.807, 2.05) is 0 Å². The van der Waals surface area contributed by atoms with Crippen LogP contribution in [0.15, 0.2) is 12.2 Å². The van der Waals surface area contributed by atoms with E-state index in [1.54, 1.807) is 0 Å². The second-order valence-corrected chi connectivity index (χ2v) is 4.66. The molecule has 0 nitrogen and oxygen atoms in total. The highest BCUT2D eigenvalue weighted by molar-refractivity contribution is 5.10. The van der Waals surface area contributed by atoms with Crippen molar-refractivity contribution >= 4 is 0 Å². The zero-order chi connectivity index (χ0) is 8.55. The van der Waals surface area contributed by atoms with Crippen LogP contribution in [0.25, 0.3) is 0 Å². The Hall–Kier alpha value is -0.260. The lowest BCUT2D eigenvalue weighted by Gasteiger charge is -2.14. The van der Waals surface area contributed by atoms with Crippen molar-refractivity contribution in [3.8, 4) is 0 Å². The van der Waals surface area contributed by atoms with Crippen molar-refractivity contribution in [1.82, 2.24) is 0 Å². The lowest BCUT2D eigenvalue weighted by molar-refractivity contribution is 0.368. The summed E-state index contributed by atoms with van der Waals surface area (Å²) in [7, 11) is 0. The Morgan fingerprint density at radius 2 is 2.08 bits per heavy atom. The predicted octanol–water partition coefficient (Wildman–Crippen LogP) is 3.63. The second-order valence-electron chi connectivity index (χ2n) is 4.66. The van der Waals surface area contributed by atoms with E-state index in [1.165, 1.54) is 25.7 Å². The smallest absolute Gasteiger partial charge is 0.0171 e. The zero-order valence-corrected chi connectivity index (χ0v) is 8.29. The van der Waals surface area contributed by atoms with Crippen LogP contribution in [0.5, 0.6) is 0 Å². The van der Waals surface area contributed by atoms with Crippen molar-refractivity contribution in [2.24, 2.45) is 23.7 Å². The Balaban J connectivity index is 1.86. The molecule has 2 aliphatic carbocycles. The number of fused-ring (bicyclic) bond motifs is 1. The normalized spacial score (nSPS) is 46.2. The van der Waals surface area contributed by atoms with Crippen LogP contribution in [0.4, 0.5) is 0 Å². The average molecular weight is 164 g/mol. The van der Waals surface area contributed by atoms with Gasteiger partial charge in [0.1, 0.15) is 0 Å². The summed E-state index contributed by atoms with van der Waals surface area (Å²) in [5.74, 6) is 4.15. The topological polar surface area (TPSA) is 0 Å².